The molecule has 2 aromatic carbocycles. The standard InChI is InChI=1S/C20H23FN2O3/c1-3-15-4-6-16(7-5-15)8-13-19(24)22-23-20(25)14(2)26-18-11-9-17(21)10-12-18/h4-7,9-12,14H,3,8,13H2,1-2H3,(H,22,24)(H,23,25)/t14-/m0/s1. The third-order valence-electron chi connectivity index (χ3n) is 3.89. The van der Waals surface area contributed by atoms with Gasteiger partial charge >= 0.3 is 0 Å². The van der Waals surface area contributed by atoms with Crippen LogP contribution in [0.3, 0.4) is 0 Å². The summed E-state index contributed by atoms with van der Waals surface area (Å²) in [7, 11) is 0. The number of hydrogen-bond donors (Lipinski definition) is 2. The first-order chi connectivity index (χ1) is 12.5. The van der Waals surface area contributed by atoms with Gasteiger partial charge in [-0.15, -0.1) is 0 Å². The summed E-state index contributed by atoms with van der Waals surface area (Å²) in [5.41, 5.74) is 7.02. The van der Waals surface area contributed by atoms with Crippen LogP contribution in [-0.2, 0) is 22.4 Å². The summed E-state index contributed by atoms with van der Waals surface area (Å²) in [6.45, 7) is 3.63. The van der Waals surface area contributed by atoms with Crippen molar-refractivity contribution in [1.82, 2.24) is 10.9 Å². The van der Waals surface area contributed by atoms with E-state index >= 15 is 0 Å². The summed E-state index contributed by atoms with van der Waals surface area (Å²) >= 11 is 0. The fourth-order valence-electron chi connectivity index (χ4n) is 2.27. The second-order valence-corrected chi connectivity index (χ2v) is 5.92. The van der Waals surface area contributed by atoms with E-state index in [9.17, 15) is 14.0 Å². The molecule has 2 rings (SSSR count). The van der Waals surface area contributed by atoms with E-state index in [-0.39, 0.29) is 18.1 Å². The number of benzene rings is 2. The number of hydrazine groups is 1. The summed E-state index contributed by atoms with van der Waals surface area (Å²) in [5, 5.41) is 0. The van der Waals surface area contributed by atoms with E-state index in [0.717, 1.165) is 12.0 Å². The minimum Gasteiger partial charge on any atom is -0.481 e. The van der Waals surface area contributed by atoms with Gasteiger partial charge in [0.15, 0.2) is 6.10 Å². The molecule has 0 spiro atoms. The zero-order chi connectivity index (χ0) is 18.9. The zero-order valence-corrected chi connectivity index (χ0v) is 14.9. The van der Waals surface area contributed by atoms with Crippen LogP contribution < -0.4 is 15.6 Å². The molecule has 26 heavy (non-hydrogen) atoms. The minimum absolute atomic E-state index is 0.263. The summed E-state index contributed by atoms with van der Waals surface area (Å²) in [4.78, 5) is 23.8. The minimum atomic E-state index is -0.831. The number of carbonyl (C=O) groups excluding carboxylic acids is 2. The molecule has 0 radical (unpaired) electrons. The van der Waals surface area contributed by atoms with E-state index in [1.807, 2.05) is 24.3 Å². The van der Waals surface area contributed by atoms with Crippen LogP contribution in [-0.4, -0.2) is 17.9 Å². The topological polar surface area (TPSA) is 67.4 Å². The smallest absolute Gasteiger partial charge is 0.279 e. The third kappa shape index (κ3) is 6.20. The number of amides is 2. The number of ether oxygens (including phenoxy) is 1. The van der Waals surface area contributed by atoms with Crippen LogP contribution >= 0.6 is 0 Å². The fraction of sp³-hybridized carbons (Fsp3) is 0.300. The molecular weight excluding hydrogens is 335 g/mol. The van der Waals surface area contributed by atoms with Gasteiger partial charge in [-0.05, 0) is 55.2 Å². The number of hydrogen-bond acceptors (Lipinski definition) is 3. The van der Waals surface area contributed by atoms with Gasteiger partial charge in [-0.2, -0.15) is 0 Å². The van der Waals surface area contributed by atoms with Gasteiger partial charge in [-0.3, -0.25) is 20.4 Å². The summed E-state index contributed by atoms with van der Waals surface area (Å²) in [6.07, 6.45) is 0.999. The lowest BCUT2D eigenvalue weighted by atomic mass is 10.1. The molecule has 5 nitrogen and oxygen atoms in total. The second-order valence-electron chi connectivity index (χ2n) is 5.92. The van der Waals surface area contributed by atoms with Crippen LogP contribution in [0, 0.1) is 5.82 Å². The van der Waals surface area contributed by atoms with E-state index in [1.165, 1.54) is 29.8 Å². The molecule has 6 heteroatoms. The highest BCUT2D eigenvalue weighted by molar-refractivity contribution is 5.84. The maximum atomic E-state index is 12.8. The Hall–Kier alpha value is -2.89. The van der Waals surface area contributed by atoms with E-state index in [2.05, 4.69) is 17.8 Å². The Labute approximate surface area is 152 Å². The van der Waals surface area contributed by atoms with Crippen molar-refractivity contribution in [3.63, 3.8) is 0 Å². The van der Waals surface area contributed by atoms with Crippen molar-refractivity contribution in [2.45, 2.75) is 39.2 Å². The highest BCUT2D eigenvalue weighted by Crippen LogP contribution is 2.13. The summed E-state index contributed by atoms with van der Waals surface area (Å²) in [5.74, 6) is -0.788. The van der Waals surface area contributed by atoms with Crippen molar-refractivity contribution in [1.29, 1.82) is 0 Å². The maximum absolute atomic E-state index is 12.8. The van der Waals surface area contributed by atoms with Gasteiger partial charge in [-0.25, -0.2) is 4.39 Å². The first-order valence-corrected chi connectivity index (χ1v) is 8.56. The van der Waals surface area contributed by atoms with Gasteiger partial charge in [0.2, 0.25) is 5.91 Å². The molecule has 0 aliphatic rings. The number of aryl methyl sites for hydroxylation is 2. The Kier molecular flexibility index (Phi) is 7.14. The molecule has 0 saturated carbocycles. The summed E-state index contributed by atoms with van der Waals surface area (Å²) < 4.78 is 18.2. The molecule has 0 unspecified atom stereocenters. The molecule has 0 bridgehead atoms. The Morgan fingerprint density at radius 1 is 1.00 bits per heavy atom. The van der Waals surface area contributed by atoms with Crippen LogP contribution in [0.2, 0.25) is 0 Å². The van der Waals surface area contributed by atoms with Gasteiger partial charge in [0.25, 0.3) is 5.91 Å². The predicted octanol–water partition coefficient (Wildman–Crippen LogP) is 2.94. The van der Waals surface area contributed by atoms with Gasteiger partial charge in [0.1, 0.15) is 11.6 Å². The molecule has 0 aromatic heterocycles. The summed E-state index contributed by atoms with van der Waals surface area (Å²) in [6, 6.07) is 13.5. The number of halogens is 1. The predicted molar refractivity (Wildman–Crippen MR) is 96.9 cm³/mol. The quantitative estimate of drug-likeness (QED) is 0.748. The van der Waals surface area contributed by atoms with E-state index in [4.69, 9.17) is 4.74 Å². The largest absolute Gasteiger partial charge is 0.481 e. The van der Waals surface area contributed by atoms with Crippen LogP contribution in [0.15, 0.2) is 48.5 Å². The fourth-order valence-corrected chi connectivity index (χ4v) is 2.27. The molecule has 2 aromatic rings. The Balaban J connectivity index is 1.71. The number of carbonyl (C=O) groups is 2. The van der Waals surface area contributed by atoms with Crippen molar-refractivity contribution in [3.8, 4) is 5.75 Å². The lowest BCUT2D eigenvalue weighted by Gasteiger charge is -2.15. The van der Waals surface area contributed by atoms with Crippen LogP contribution in [0.5, 0.6) is 5.75 Å². The van der Waals surface area contributed by atoms with Gasteiger partial charge < -0.3 is 4.74 Å². The van der Waals surface area contributed by atoms with E-state index < -0.39 is 12.0 Å². The SMILES string of the molecule is CCc1ccc(CCC(=O)NNC(=O)[C@H](C)Oc2ccc(F)cc2)cc1. The monoisotopic (exact) mass is 358 g/mol. The molecule has 0 fully saturated rings. The molecule has 0 saturated heterocycles. The van der Waals surface area contributed by atoms with Crippen LogP contribution in [0.1, 0.15) is 31.4 Å². The molecule has 2 amide bonds. The Bertz CT molecular complexity index is 730. The lowest BCUT2D eigenvalue weighted by Crippen LogP contribution is -2.47. The van der Waals surface area contributed by atoms with Crippen LogP contribution in [0.25, 0.3) is 0 Å². The van der Waals surface area contributed by atoms with Crippen LogP contribution in [0.4, 0.5) is 4.39 Å². The van der Waals surface area contributed by atoms with Crippen molar-refractivity contribution in [2.75, 3.05) is 0 Å². The van der Waals surface area contributed by atoms with Crippen molar-refractivity contribution >= 4 is 11.8 Å². The molecule has 0 heterocycles. The highest BCUT2D eigenvalue weighted by Gasteiger charge is 2.15. The Morgan fingerprint density at radius 3 is 2.23 bits per heavy atom. The zero-order valence-electron chi connectivity index (χ0n) is 14.9. The van der Waals surface area contributed by atoms with E-state index in [1.54, 1.807) is 6.92 Å². The third-order valence-corrected chi connectivity index (χ3v) is 3.89. The Morgan fingerprint density at radius 2 is 1.62 bits per heavy atom. The lowest BCUT2D eigenvalue weighted by molar-refractivity contribution is -0.132. The molecule has 1 atom stereocenters. The van der Waals surface area contributed by atoms with Gasteiger partial charge in [0, 0.05) is 6.42 Å². The van der Waals surface area contributed by atoms with Crippen molar-refractivity contribution in [2.24, 2.45) is 0 Å². The van der Waals surface area contributed by atoms with Crippen molar-refractivity contribution < 1.29 is 18.7 Å². The molecule has 138 valence electrons. The first kappa shape index (κ1) is 19.4. The van der Waals surface area contributed by atoms with Gasteiger partial charge in [0.05, 0.1) is 0 Å². The van der Waals surface area contributed by atoms with E-state index in [0.29, 0.717) is 12.2 Å². The normalized spacial score (nSPS) is 11.5. The first-order valence-electron chi connectivity index (χ1n) is 8.56. The second kappa shape index (κ2) is 9.56. The molecular formula is C20H23FN2O3. The maximum Gasteiger partial charge on any atom is 0.279 e. The average molecular weight is 358 g/mol. The highest BCUT2D eigenvalue weighted by atomic mass is 19.1. The average Bonchev–Trinajstić information content (AvgIpc) is 2.66. The molecule has 2 N–H and O–H groups in total. The van der Waals surface area contributed by atoms with Gasteiger partial charge in [-0.1, -0.05) is 31.2 Å². The molecule has 0 aliphatic carbocycles. The molecule has 0 aliphatic heterocycles. The number of nitrogens with one attached hydrogen (secondary N) is 2. The number of rotatable bonds is 7. The van der Waals surface area contributed by atoms with Crippen molar-refractivity contribution in [3.05, 3.63) is 65.5 Å².